The average Bonchev–Trinajstić information content (AvgIpc) is 2.98. The topological polar surface area (TPSA) is 88.7 Å². The number of carbonyl (C=O) groups excluding carboxylic acids is 2. The first-order valence-electron chi connectivity index (χ1n) is 10.4. The van der Waals surface area contributed by atoms with Gasteiger partial charge in [-0.05, 0) is 30.2 Å². The standard InChI is InChI=1S/C23H27N3O4/c1-15(17-8-9-19-20(12-17)30-11-5-10-29-19)24-23(28)14-21-25-18(13-22(27)26-21)16-6-3-2-4-7-16/h2-4,6-9,12,15,18,21,25H,5,10-11,13-14H2,1H3,(H,24,28)(H,26,27). The highest BCUT2D eigenvalue weighted by atomic mass is 16.5. The van der Waals surface area contributed by atoms with E-state index in [4.69, 9.17) is 9.47 Å². The molecule has 2 aliphatic rings. The van der Waals surface area contributed by atoms with Gasteiger partial charge >= 0.3 is 0 Å². The molecule has 2 aliphatic heterocycles. The van der Waals surface area contributed by atoms with Gasteiger partial charge < -0.3 is 20.1 Å². The van der Waals surface area contributed by atoms with Crippen LogP contribution in [0.3, 0.4) is 0 Å². The van der Waals surface area contributed by atoms with Gasteiger partial charge in [0.25, 0.3) is 0 Å². The fourth-order valence-electron chi connectivity index (χ4n) is 3.81. The van der Waals surface area contributed by atoms with Crippen LogP contribution in [-0.4, -0.2) is 31.2 Å². The zero-order valence-electron chi connectivity index (χ0n) is 17.0. The Morgan fingerprint density at radius 1 is 1.13 bits per heavy atom. The van der Waals surface area contributed by atoms with Crippen molar-refractivity contribution in [3.63, 3.8) is 0 Å². The van der Waals surface area contributed by atoms with Crippen LogP contribution in [-0.2, 0) is 9.59 Å². The Morgan fingerprint density at radius 2 is 1.90 bits per heavy atom. The first kappa shape index (κ1) is 20.2. The smallest absolute Gasteiger partial charge is 0.223 e. The molecular weight excluding hydrogens is 382 g/mol. The molecule has 1 fully saturated rings. The molecule has 0 saturated carbocycles. The van der Waals surface area contributed by atoms with Crippen molar-refractivity contribution in [3.05, 3.63) is 59.7 Å². The average molecular weight is 409 g/mol. The summed E-state index contributed by atoms with van der Waals surface area (Å²) < 4.78 is 11.4. The molecule has 3 atom stereocenters. The van der Waals surface area contributed by atoms with Gasteiger partial charge in [0.15, 0.2) is 11.5 Å². The van der Waals surface area contributed by atoms with Crippen molar-refractivity contribution in [1.82, 2.24) is 16.0 Å². The Morgan fingerprint density at radius 3 is 2.70 bits per heavy atom. The first-order valence-corrected chi connectivity index (χ1v) is 10.4. The van der Waals surface area contributed by atoms with E-state index in [2.05, 4.69) is 16.0 Å². The van der Waals surface area contributed by atoms with Crippen LogP contribution in [0.5, 0.6) is 11.5 Å². The maximum Gasteiger partial charge on any atom is 0.223 e. The number of carbonyl (C=O) groups is 2. The lowest BCUT2D eigenvalue weighted by Crippen LogP contribution is -2.54. The second kappa shape index (κ2) is 9.17. The van der Waals surface area contributed by atoms with Crippen LogP contribution in [0.15, 0.2) is 48.5 Å². The summed E-state index contributed by atoms with van der Waals surface area (Å²) in [7, 11) is 0. The molecule has 3 unspecified atom stereocenters. The molecule has 1 saturated heterocycles. The first-order chi connectivity index (χ1) is 14.6. The van der Waals surface area contributed by atoms with Crippen molar-refractivity contribution in [3.8, 4) is 11.5 Å². The van der Waals surface area contributed by atoms with E-state index in [1.165, 1.54) is 0 Å². The SMILES string of the molecule is CC(NC(=O)CC1NC(=O)CC(c2ccccc2)N1)c1ccc2c(c1)OCCCO2. The number of hydrogen-bond acceptors (Lipinski definition) is 5. The van der Waals surface area contributed by atoms with Crippen LogP contribution < -0.4 is 25.4 Å². The monoisotopic (exact) mass is 409 g/mol. The number of fused-ring (bicyclic) bond motifs is 1. The van der Waals surface area contributed by atoms with Gasteiger partial charge in [-0.2, -0.15) is 0 Å². The molecule has 2 heterocycles. The summed E-state index contributed by atoms with van der Waals surface area (Å²) in [6, 6.07) is 15.2. The van der Waals surface area contributed by atoms with Crippen molar-refractivity contribution in [2.75, 3.05) is 13.2 Å². The Labute approximate surface area is 176 Å². The Bertz CT molecular complexity index is 903. The molecule has 3 N–H and O–H groups in total. The summed E-state index contributed by atoms with van der Waals surface area (Å²) in [5.41, 5.74) is 1.98. The number of hydrogen-bond donors (Lipinski definition) is 3. The third kappa shape index (κ3) is 4.91. The molecule has 0 bridgehead atoms. The molecule has 2 amide bonds. The van der Waals surface area contributed by atoms with Crippen molar-refractivity contribution < 1.29 is 19.1 Å². The quantitative estimate of drug-likeness (QED) is 0.707. The summed E-state index contributed by atoms with van der Waals surface area (Å²) >= 11 is 0. The molecule has 158 valence electrons. The fraction of sp³-hybridized carbons (Fsp3) is 0.391. The van der Waals surface area contributed by atoms with E-state index in [1.54, 1.807) is 0 Å². The number of amides is 2. The molecule has 0 aliphatic carbocycles. The minimum Gasteiger partial charge on any atom is -0.490 e. The van der Waals surface area contributed by atoms with E-state index in [0.717, 1.165) is 23.3 Å². The lowest BCUT2D eigenvalue weighted by atomic mass is 10.0. The second-order valence-corrected chi connectivity index (χ2v) is 7.70. The predicted molar refractivity (Wildman–Crippen MR) is 112 cm³/mol. The van der Waals surface area contributed by atoms with E-state index in [1.807, 2.05) is 55.5 Å². The zero-order valence-corrected chi connectivity index (χ0v) is 17.0. The Balaban J connectivity index is 1.36. The summed E-state index contributed by atoms with van der Waals surface area (Å²) in [6.45, 7) is 3.19. The maximum absolute atomic E-state index is 12.6. The van der Waals surface area contributed by atoms with Crippen LogP contribution >= 0.6 is 0 Å². The molecule has 7 heteroatoms. The summed E-state index contributed by atoms with van der Waals surface area (Å²) in [5.74, 6) is 1.24. The van der Waals surface area contributed by atoms with Crippen LogP contribution in [0, 0.1) is 0 Å². The summed E-state index contributed by atoms with van der Waals surface area (Å²) in [6.07, 6.45) is 0.951. The second-order valence-electron chi connectivity index (χ2n) is 7.70. The molecule has 0 aromatic heterocycles. The number of benzene rings is 2. The summed E-state index contributed by atoms with van der Waals surface area (Å²) in [5, 5.41) is 9.23. The van der Waals surface area contributed by atoms with E-state index < -0.39 is 6.17 Å². The molecule has 0 spiro atoms. The van der Waals surface area contributed by atoms with E-state index in [9.17, 15) is 9.59 Å². The highest BCUT2D eigenvalue weighted by Gasteiger charge is 2.28. The van der Waals surface area contributed by atoms with Gasteiger partial charge in [-0.3, -0.25) is 14.9 Å². The molecule has 0 radical (unpaired) electrons. The van der Waals surface area contributed by atoms with E-state index in [0.29, 0.717) is 25.4 Å². The molecular formula is C23H27N3O4. The highest BCUT2D eigenvalue weighted by Crippen LogP contribution is 2.32. The number of ether oxygens (including phenoxy) is 2. The van der Waals surface area contributed by atoms with Crippen LogP contribution in [0.2, 0.25) is 0 Å². The largest absolute Gasteiger partial charge is 0.490 e. The van der Waals surface area contributed by atoms with Crippen molar-refractivity contribution in [1.29, 1.82) is 0 Å². The molecule has 2 aromatic carbocycles. The van der Waals surface area contributed by atoms with E-state index in [-0.39, 0.29) is 30.3 Å². The van der Waals surface area contributed by atoms with Gasteiger partial charge in [-0.1, -0.05) is 36.4 Å². The Hall–Kier alpha value is -3.06. The number of nitrogens with one attached hydrogen (secondary N) is 3. The summed E-state index contributed by atoms with van der Waals surface area (Å²) in [4.78, 5) is 24.8. The van der Waals surface area contributed by atoms with Crippen molar-refractivity contribution in [2.24, 2.45) is 0 Å². The zero-order chi connectivity index (χ0) is 20.9. The van der Waals surface area contributed by atoms with Crippen molar-refractivity contribution >= 4 is 11.8 Å². The Kier molecular flexibility index (Phi) is 6.18. The van der Waals surface area contributed by atoms with E-state index >= 15 is 0 Å². The van der Waals surface area contributed by atoms with Gasteiger partial charge in [0.2, 0.25) is 11.8 Å². The molecule has 7 nitrogen and oxygen atoms in total. The van der Waals surface area contributed by atoms with Gasteiger partial charge in [-0.25, -0.2) is 0 Å². The third-order valence-corrected chi connectivity index (χ3v) is 5.37. The molecule has 30 heavy (non-hydrogen) atoms. The maximum atomic E-state index is 12.6. The van der Waals surface area contributed by atoms with Gasteiger partial charge in [-0.15, -0.1) is 0 Å². The minimum atomic E-state index is -0.410. The fourth-order valence-corrected chi connectivity index (χ4v) is 3.81. The van der Waals surface area contributed by atoms with Gasteiger partial charge in [0.05, 0.1) is 31.8 Å². The number of rotatable bonds is 5. The van der Waals surface area contributed by atoms with Crippen LogP contribution in [0.4, 0.5) is 0 Å². The predicted octanol–water partition coefficient (Wildman–Crippen LogP) is 2.59. The van der Waals surface area contributed by atoms with Crippen molar-refractivity contribution in [2.45, 2.75) is 44.4 Å². The minimum absolute atomic E-state index is 0.0589. The molecule has 2 aromatic rings. The lowest BCUT2D eigenvalue weighted by molar-refractivity contribution is -0.126. The lowest BCUT2D eigenvalue weighted by Gasteiger charge is -2.32. The van der Waals surface area contributed by atoms with Gasteiger partial charge in [0, 0.05) is 18.9 Å². The van der Waals surface area contributed by atoms with Gasteiger partial charge in [0.1, 0.15) is 0 Å². The highest BCUT2D eigenvalue weighted by molar-refractivity contribution is 5.81. The van der Waals surface area contributed by atoms with Crippen LogP contribution in [0.25, 0.3) is 0 Å². The van der Waals surface area contributed by atoms with Crippen LogP contribution in [0.1, 0.15) is 49.4 Å². The normalized spacial score (nSPS) is 21.8. The third-order valence-electron chi connectivity index (χ3n) is 5.37. The molecule has 4 rings (SSSR count).